The Morgan fingerprint density at radius 2 is 2.31 bits per heavy atom. The predicted octanol–water partition coefficient (Wildman–Crippen LogP) is 2.92. The van der Waals surface area contributed by atoms with E-state index in [1.165, 1.54) is 21.8 Å². The van der Waals surface area contributed by atoms with Gasteiger partial charge in [0.2, 0.25) is 0 Å². The van der Waals surface area contributed by atoms with Gasteiger partial charge in [-0.15, -0.1) is 11.8 Å². The smallest absolute Gasteiger partial charge is 0.0266 e. The second kappa shape index (κ2) is 3.35. The summed E-state index contributed by atoms with van der Waals surface area (Å²) in [5.41, 5.74) is 8.58. The third kappa shape index (κ3) is 1.61. The molecule has 2 unspecified atom stereocenters. The van der Waals surface area contributed by atoms with Crippen molar-refractivity contribution in [3.8, 4) is 0 Å². The van der Waals surface area contributed by atoms with Crippen molar-refractivity contribution in [1.82, 2.24) is 0 Å². The molecule has 1 heterocycles. The van der Waals surface area contributed by atoms with E-state index in [0.717, 1.165) is 0 Å². The fraction of sp³-hybridized carbons (Fsp3) is 0.455. The van der Waals surface area contributed by atoms with E-state index in [-0.39, 0.29) is 6.04 Å². The highest BCUT2D eigenvalue weighted by Gasteiger charge is 2.19. The number of rotatable bonds is 1. The summed E-state index contributed by atoms with van der Waals surface area (Å²) >= 11 is 1.95. The van der Waals surface area contributed by atoms with Crippen molar-refractivity contribution in [3.63, 3.8) is 0 Å². The molecule has 0 spiro atoms. The topological polar surface area (TPSA) is 26.0 Å². The van der Waals surface area contributed by atoms with Crippen molar-refractivity contribution in [3.05, 3.63) is 29.3 Å². The monoisotopic (exact) mass is 193 g/mol. The number of fused-ring (bicyclic) bond motifs is 1. The first kappa shape index (κ1) is 9.10. The van der Waals surface area contributed by atoms with Crippen LogP contribution in [-0.2, 0) is 0 Å². The molecule has 0 fully saturated rings. The van der Waals surface area contributed by atoms with Crippen molar-refractivity contribution >= 4 is 11.8 Å². The Kier molecular flexibility index (Phi) is 2.35. The summed E-state index contributed by atoms with van der Waals surface area (Å²) < 4.78 is 0. The Balaban J connectivity index is 2.40. The maximum atomic E-state index is 5.83. The number of benzene rings is 1. The Hall–Kier alpha value is -0.470. The highest BCUT2D eigenvalue weighted by molar-refractivity contribution is 7.99. The minimum Gasteiger partial charge on any atom is -0.324 e. The average Bonchev–Trinajstić information content (AvgIpc) is 2.47. The van der Waals surface area contributed by atoms with Crippen LogP contribution < -0.4 is 5.73 Å². The largest absolute Gasteiger partial charge is 0.324 e. The molecule has 0 amide bonds. The van der Waals surface area contributed by atoms with E-state index in [4.69, 9.17) is 5.73 Å². The van der Waals surface area contributed by atoms with Crippen molar-refractivity contribution in [2.75, 3.05) is 5.75 Å². The third-order valence-corrected chi connectivity index (χ3v) is 3.91. The number of hydrogen-bond donors (Lipinski definition) is 1. The minimum absolute atomic E-state index is 0.154. The molecule has 0 saturated heterocycles. The number of nitrogens with two attached hydrogens (primary N) is 1. The second-order valence-electron chi connectivity index (χ2n) is 3.80. The maximum Gasteiger partial charge on any atom is 0.0266 e. The molecule has 0 bridgehead atoms. The number of thioether (sulfide) groups is 1. The van der Waals surface area contributed by atoms with Crippen LogP contribution in [-0.4, -0.2) is 5.75 Å². The molecule has 2 N–H and O–H groups in total. The van der Waals surface area contributed by atoms with Gasteiger partial charge >= 0.3 is 0 Å². The summed E-state index contributed by atoms with van der Waals surface area (Å²) in [7, 11) is 0. The van der Waals surface area contributed by atoms with Gasteiger partial charge in [0.05, 0.1) is 0 Å². The van der Waals surface area contributed by atoms with Crippen LogP contribution in [0.15, 0.2) is 23.1 Å². The van der Waals surface area contributed by atoms with Gasteiger partial charge < -0.3 is 5.73 Å². The molecule has 0 aliphatic carbocycles. The van der Waals surface area contributed by atoms with Crippen LogP contribution in [0.3, 0.4) is 0 Å². The van der Waals surface area contributed by atoms with Crippen LogP contribution in [0.5, 0.6) is 0 Å². The molecule has 0 radical (unpaired) electrons. The first-order valence-corrected chi connectivity index (χ1v) is 5.69. The highest BCUT2D eigenvalue weighted by atomic mass is 32.2. The van der Waals surface area contributed by atoms with E-state index < -0.39 is 0 Å². The summed E-state index contributed by atoms with van der Waals surface area (Å²) in [4.78, 5) is 1.43. The molecule has 1 aromatic carbocycles. The molecule has 1 nitrogen and oxygen atoms in total. The molecule has 2 heteroatoms. The van der Waals surface area contributed by atoms with Crippen LogP contribution in [0.1, 0.15) is 36.9 Å². The lowest BCUT2D eigenvalue weighted by atomic mass is 10.00. The van der Waals surface area contributed by atoms with E-state index >= 15 is 0 Å². The van der Waals surface area contributed by atoms with Crippen molar-refractivity contribution in [1.29, 1.82) is 0 Å². The lowest BCUT2D eigenvalue weighted by Crippen LogP contribution is -2.04. The fourth-order valence-corrected chi connectivity index (χ4v) is 2.94. The van der Waals surface area contributed by atoms with Crippen LogP contribution in [0.2, 0.25) is 0 Å². The molecule has 13 heavy (non-hydrogen) atoms. The van der Waals surface area contributed by atoms with E-state index in [0.29, 0.717) is 5.92 Å². The molecule has 2 rings (SSSR count). The fourth-order valence-electron chi connectivity index (χ4n) is 1.67. The molecule has 0 aromatic heterocycles. The van der Waals surface area contributed by atoms with Gasteiger partial charge in [-0.25, -0.2) is 0 Å². The third-order valence-electron chi connectivity index (χ3n) is 2.58. The van der Waals surface area contributed by atoms with Crippen molar-refractivity contribution in [2.45, 2.75) is 30.7 Å². The molecule has 70 valence electrons. The average molecular weight is 193 g/mol. The first-order valence-electron chi connectivity index (χ1n) is 4.70. The van der Waals surface area contributed by atoms with Gasteiger partial charge in [-0.2, -0.15) is 0 Å². The molecule has 2 atom stereocenters. The van der Waals surface area contributed by atoms with Gasteiger partial charge in [-0.3, -0.25) is 0 Å². The summed E-state index contributed by atoms with van der Waals surface area (Å²) in [6.07, 6.45) is 0. The summed E-state index contributed by atoms with van der Waals surface area (Å²) in [6, 6.07) is 6.79. The van der Waals surface area contributed by atoms with E-state index in [1.807, 2.05) is 18.7 Å². The molecular weight excluding hydrogens is 178 g/mol. The van der Waals surface area contributed by atoms with Gasteiger partial charge in [0.1, 0.15) is 0 Å². The Morgan fingerprint density at radius 3 is 3.00 bits per heavy atom. The van der Waals surface area contributed by atoms with E-state index in [2.05, 4.69) is 25.1 Å². The zero-order chi connectivity index (χ0) is 9.42. The Bertz CT molecular complexity index is 320. The van der Waals surface area contributed by atoms with E-state index in [9.17, 15) is 0 Å². The standard InChI is InChI=1S/C11H15NS/c1-7-6-13-11-5-9(8(2)12)3-4-10(7)11/h3-5,7-8H,6,12H2,1-2H3. The summed E-state index contributed by atoms with van der Waals surface area (Å²) in [6.45, 7) is 4.31. The molecule has 1 aliphatic rings. The van der Waals surface area contributed by atoms with Crippen molar-refractivity contribution in [2.24, 2.45) is 5.73 Å². The molecular formula is C11H15NS. The minimum atomic E-state index is 0.154. The van der Waals surface area contributed by atoms with Gasteiger partial charge in [-0.05, 0) is 30.0 Å². The first-order chi connectivity index (χ1) is 6.18. The molecule has 0 saturated carbocycles. The van der Waals surface area contributed by atoms with Crippen LogP contribution in [0, 0.1) is 0 Å². The predicted molar refractivity (Wildman–Crippen MR) is 58.2 cm³/mol. The Morgan fingerprint density at radius 1 is 1.54 bits per heavy atom. The zero-order valence-corrected chi connectivity index (χ0v) is 8.90. The van der Waals surface area contributed by atoms with Gasteiger partial charge in [0.25, 0.3) is 0 Å². The second-order valence-corrected chi connectivity index (χ2v) is 4.86. The lowest BCUT2D eigenvalue weighted by Gasteiger charge is -2.08. The van der Waals surface area contributed by atoms with Crippen LogP contribution in [0.25, 0.3) is 0 Å². The van der Waals surface area contributed by atoms with Crippen LogP contribution >= 0.6 is 11.8 Å². The summed E-state index contributed by atoms with van der Waals surface area (Å²) in [5.74, 6) is 1.93. The SMILES string of the molecule is CC(N)c1ccc2c(c1)SCC2C. The molecule has 1 aliphatic heterocycles. The number of hydrogen-bond acceptors (Lipinski definition) is 2. The van der Waals surface area contributed by atoms with Crippen LogP contribution in [0.4, 0.5) is 0 Å². The van der Waals surface area contributed by atoms with Gasteiger partial charge in [0.15, 0.2) is 0 Å². The van der Waals surface area contributed by atoms with Gasteiger partial charge in [0, 0.05) is 16.7 Å². The Labute approximate surface area is 83.7 Å². The molecule has 1 aromatic rings. The van der Waals surface area contributed by atoms with E-state index in [1.54, 1.807) is 0 Å². The maximum absolute atomic E-state index is 5.83. The quantitative estimate of drug-likeness (QED) is 0.742. The highest BCUT2D eigenvalue weighted by Crippen LogP contribution is 2.40. The van der Waals surface area contributed by atoms with Crippen molar-refractivity contribution < 1.29 is 0 Å². The lowest BCUT2D eigenvalue weighted by molar-refractivity contribution is 0.807. The normalized spacial score (nSPS) is 22.8. The summed E-state index contributed by atoms with van der Waals surface area (Å²) in [5, 5.41) is 0. The zero-order valence-electron chi connectivity index (χ0n) is 8.08. The van der Waals surface area contributed by atoms with Gasteiger partial charge in [-0.1, -0.05) is 19.1 Å².